The van der Waals surface area contributed by atoms with Crippen LogP contribution in [0.15, 0.2) is 0 Å². The second kappa shape index (κ2) is 6.10. The van der Waals surface area contributed by atoms with E-state index in [1.807, 2.05) is 0 Å². The topological polar surface area (TPSA) is 45.4 Å². The summed E-state index contributed by atoms with van der Waals surface area (Å²) in [7, 11) is 4.42. The predicted molar refractivity (Wildman–Crippen MR) is 86.3 cm³/mol. The first-order valence-corrected chi connectivity index (χ1v) is 8.21. The van der Waals surface area contributed by atoms with Crippen LogP contribution in [0.2, 0.25) is 0 Å². The van der Waals surface area contributed by atoms with E-state index in [1.54, 1.807) is 11.3 Å². The third-order valence-electron chi connectivity index (χ3n) is 4.03. The number of piperazine rings is 1. The minimum Gasteiger partial charge on any atom is -0.326 e. The van der Waals surface area contributed by atoms with Gasteiger partial charge in [-0.25, -0.2) is 4.98 Å². The second-order valence-corrected chi connectivity index (χ2v) is 8.10. The van der Waals surface area contributed by atoms with Gasteiger partial charge in [0, 0.05) is 48.9 Å². The highest BCUT2D eigenvalue weighted by molar-refractivity contribution is 7.11. The summed E-state index contributed by atoms with van der Waals surface area (Å²) in [6.45, 7) is 10.7. The number of hydrogen-bond donors (Lipinski definition) is 1. The van der Waals surface area contributed by atoms with Gasteiger partial charge in [-0.2, -0.15) is 0 Å². The molecule has 1 unspecified atom stereocenters. The monoisotopic (exact) mass is 296 g/mol. The first-order valence-electron chi connectivity index (χ1n) is 7.39. The second-order valence-electron chi connectivity index (χ2n) is 6.93. The van der Waals surface area contributed by atoms with E-state index in [1.165, 1.54) is 15.6 Å². The van der Waals surface area contributed by atoms with Crippen LogP contribution in [0.3, 0.4) is 0 Å². The molecule has 1 aliphatic rings. The average Bonchev–Trinajstić information content (AvgIpc) is 2.77. The molecule has 114 valence electrons. The number of thiazole rings is 1. The molecule has 1 aliphatic heterocycles. The molecule has 2 heterocycles. The van der Waals surface area contributed by atoms with Crippen molar-refractivity contribution in [2.75, 3.05) is 33.7 Å². The summed E-state index contributed by atoms with van der Waals surface area (Å²) in [5.41, 5.74) is 7.16. The molecular weight excluding hydrogens is 268 g/mol. The van der Waals surface area contributed by atoms with Gasteiger partial charge >= 0.3 is 0 Å². The highest BCUT2D eigenvalue weighted by Crippen LogP contribution is 2.30. The van der Waals surface area contributed by atoms with E-state index in [4.69, 9.17) is 10.7 Å². The van der Waals surface area contributed by atoms with Crippen LogP contribution in [0.25, 0.3) is 0 Å². The zero-order valence-corrected chi connectivity index (χ0v) is 14.3. The molecular formula is C15H28N4S. The summed E-state index contributed by atoms with van der Waals surface area (Å²) in [4.78, 5) is 11.0. The lowest BCUT2D eigenvalue weighted by molar-refractivity contribution is 0.114. The largest absolute Gasteiger partial charge is 0.326 e. The van der Waals surface area contributed by atoms with E-state index in [-0.39, 0.29) is 5.41 Å². The molecule has 2 rings (SSSR count). The van der Waals surface area contributed by atoms with Crippen molar-refractivity contribution in [3.63, 3.8) is 0 Å². The molecule has 20 heavy (non-hydrogen) atoms. The van der Waals surface area contributed by atoms with Crippen LogP contribution in [0.4, 0.5) is 0 Å². The molecule has 0 spiro atoms. The summed E-state index contributed by atoms with van der Waals surface area (Å²) in [5.74, 6) is 0. The van der Waals surface area contributed by atoms with Crippen molar-refractivity contribution in [1.29, 1.82) is 0 Å². The van der Waals surface area contributed by atoms with Gasteiger partial charge in [0.25, 0.3) is 0 Å². The maximum Gasteiger partial charge on any atom is 0.0947 e. The molecule has 2 N–H and O–H groups in total. The van der Waals surface area contributed by atoms with Gasteiger partial charge in [-0.1, -0.05) is 20.8 Å². The summed E-state index contributed by atoms with van der Waals surface area (Å²) in [6, 6.07) is 0.568. The molecule has 0 amide bonds. The van der Waals surface area contributed by atoms with Gasteiger partial charge in [-0.05, 0) is 14.1 Å². The van der Waals surface area contributed by atoms with Crippen molar-refractivity contribution in [3.05, 3.63) is 15.6 Å². The molecule has 1 aromatic heterocycles. The van der Waals surface area contributed by atoms with Gasteiger partial charge in [0.05, 0.1) is 10.7 Å². The number of likely N-dealkylation sites (N-methyl/N-ethyl adjacent to an activating group) is 2. The average molecular weight is 296 g/mol. The van der Waals surface area contributed by atoms with Crippen LogP contribution in [0.5, 0.6) is 0 Å². The van der Waals surface area contributed by atoms with Crippen molar-refractivity contribution in [1.82, 2.24) is 14.8 Å². The third kappa shape index (κ3) is 3.58. The molecule has 1 saturated heterocycles. The zero-order chi connectivity index (χ0) is 14.9. The quantitative estimate of drug-likeness (QED) is 0.922. The van der Waals surface area contributed by atoms with Crippen LogP contribution in [-0.2, 0) is 18.4 Å². The third-order valence-corrected chi connectivity index (χ3v) is 5.13. The van der Waals surface area contributed by atoms with E-state index in [0.29, 0.717) is 12.6 Å². The summed E-state index contributed by atoms with van der Waals surface area (Å²) < 4.78 is 0. The molecule has 1 atom stereocenters. The lowest BCUT2D eigenvalue weighted by Crippen LogP contribution is -2.50. The van der Waals surface area contributed by atoms with Gasteiger partial charge in [0.2, 0.25) is 0 Å². The Bertz CT molecular complexity index is 449. The van der Waals surface area contributed by atoms with Gasteiger partial charge in [0.1, 0.15) is 0 Å². The first kappa shape index (κ1) is 15.9. The Kier molecular flexibility index (Phi) is 4.84. The fourth-order valence-electron chi connectivity index (χ4n) is 2.74. The molecule has 1 aromatic rings. The Morgan fingerprint density at radius 1 is 1.30 bits per heavy atom. The summed E-state index contributed by atoms with van der Waals surface area (Å²) in [6.07, 6.45) is 1.04. The Hall–Kier alpha value is -0.490. The normalized spacial score (nSPS) is 22.4. The van der Waals surface area contributed by atoms with E-state index in [2.05, 4.69) is 44.7 Å². The molecule has 0 saturated carbocycles. The van der Waals surface area contributed by atoms with Crippen LogP contribution in [0, 0.1) is 0 Å². The first-order chi connectivity index (χ1) is 9.31. The van der Waals surface area contributed by atoms with E-state index < -0.39 is 0 Å². The van der Waals surface area contributed by atoms with E-state index in [0.717, 1.165) is 26.1 Å². The fraction of sp³-hybridized carbons (Fsp3) is 0.800. The molecule has 0 bridgehead atoms. The van der Waals surface area contributed by atoms with Crippen LogP contribution in [-0.4, -0.2) is 54.6 Å². The molecule has 4 nitrogen and oxygen atoms in total. The van der Waals surface area contributed by atoms with Crippen molar-refractivity contribution >= 4 is 11.3 Å². The Balaban J connectivity index is 2.15. The summed E-state index contributed by atoms with van der Waals surface area (Å²) >= 11 is 1.80. The Labute approximate surface area is 127 Å². The van der Waals surface area contributed by atoms with E-state index in [9.17, 15) is 0 Å². The maximum absolute atomic E-state index is 5.89. The number of rotatable bonds is 3. The van der Waals surface area contributed by atoms with Gasteiger partial charge in [0.15, 0.2) is 0 Å². The molecule has 0 radical (unpaired) electrons. The Morgan fingerprint density at radius 2 is 2.00 bits per heavy atom. The highest BCUT2D eigenvalue weighted by Gasteiger charge is 2.26. The van der Waals surface area contributed by atoms with Crippen LogP contribution in [0.1, 0.15) is 36.3 Å². The lowest BCUT2D eigenvalue weighted by Gasteiger charge is -2.37. The number of nitrogens with two attached hydrogens (primary N) is 1. The van der Waals surface area contributed by atoms with Crippen LogP contribution < -0.4 is 5.73 Å². The fourth-order valence-corrected chi connectivity index (χ4v) is 3.96. The number of nitrogens with zero attached hydrogens (tertiary/aromatic N) is 3. The van der Waals surface area contributed by atoms with Gasteiger partial charge in [-0.3, -0.25) is 0 Å². The van der Waals surface area contributed by atoms with Crippen molar-refractivity contribution in [3.8, 4) is 0 Å². The van der Waals surface area contributed by atoms with E-state index >= 15 is 0 Å². The maximum atomic E-state index is 5.89. The van der Waals surface area contributed by atoms with Crippen molar-refractivity contribution in [2.45, 2.75) is 45.2 Å². The minimum absolute atomic E-state index is 0.0821. The zero-order valence-electron chi connectivity index (χ0n) is 13.4. The van der Waals surface area contributed by atoms with Gasteiger partial charge in [-0.15, -0.1) is 11.3 Å². The molecule has 0 aliphatic carbocycles. The lowest BCUT2D eigenvalue weighted by atomic mass is 9.91. The van der Waals surface area contributed by atoms with Gasteiger partial charge < -0.3 is 15.5 Å². The standard InChI is InChI=1S/C15H28N4S/c1-15(2,3)14-12(9-16)20-13(17-14)8-11-10-18(4)6-7-19(11)5/h11H,6-10,16H2,1-5H3. The smallest absolute Gasteiger partial charge is 0.0947 e. The number of hydrogen-bond acceptors (Lipinski definition) is 5. The number of aromatic nitrogens is 1. The molecule has 1 fully saturated rings. The minimum atomic E-state index is 0.0821. The van der Waals surface area contributed by atoms with Crippen molar-refractivity contribution in [2.24, 2.45) is 5.73 Å². The molecule has 0 aromatic carbocycles. The molecule has 5 heteroatoms. The van der Waals surface area contributed by atoms with Crippen LogP contribution >= 0.6 is 11.3 Å². The van der Waals surface area contributed by atoms with Crippen molar-refractivity contribution < 1.29 is 0 Å². The highest BCUT2D eigenvalue weighted by atomic mass is 32.1. The predicted octanol–water partition coefficient (Wildman–Crippen LogP) is 1.69. The summed E-state index contributed by atoms with van der Waals surface area (Å²) in [5, 5.41) is 1.24. The Morgan fingerprint density at radius 3 is 2.55 bits per heavy atom. The SMILES string of the molecule is CN1CCN(C)C(Cc2nc(C(C)(C)C)c(CN)s2)C1.